The Balaban J connectivity index is 1.73. The van der Waals surface area contributed by atoms with Crippen LogP contribution in [0.15, 0.2) is 0 Å². The molecule has 0 spiro atoms. The fraction of sp³-hybridized carbons (Fsp3) is 0.750. The van der Waals surface area contributed by atoms with Crippen molar-refractivity contribution in [3.05, 3.63) is 15.6 Å². The third kappa shape index (κ3) is 2.14. The van der Waals surface area contributed by atoms with Gasteiger partial charge in [-0.3, -0.25) is 0 Å². The molecule has 88 valence electrons. The first-order valence-electron chi connectivity index (χ1n) is 6.13. The smallest absolute Gasteiger partial charge is 0.0935 e. The van der Waals surface area contributed by atoms with Gasteiger partial charge in [-0.25, -0.2) is 4.98 Å². The summed E-state index contributed by atoms with van der Waals surface area (Å²) in [5.41, 5.74) is 7.09. The highest BCUT2D eigenvalue weighted by Crippen LogP contribution is 2.42. The number of nitrogens with two attached hydrogens (primary N) is 1. The van der Waals surface area contributed by atoms with Crippen LogP contribution in [0, 0.1) is 5.92 Å². The fourth-order valence-corrected chi connectivity index (χ4v) is 3.46. The van der Waals surface area contributed by atoms with Gasteiger partial charge in [-0.15, -0.1) is 11.3 Å². The summed E-state index contributed by atoms with van der Waals surface area (Å²) in [5, 5.41) is 1.28. The van der Waals surface area contributed by atoms with Gasteiger partial charge < -0.3 is 10.5 Å². The maximum Gasteiger partial charge on any atom is 0.0935 e. The Morgan fingerprint density at radius 1 is 1.38 bits per heavy atom. The number of nitrogens with zero attached hydrogens (tertiary/aromatic N) is 1. The molecule has 1 unspecified atom stereocenters. The molecule has 2 N–H and O–H groups in total. The molecule has 0 aromatic carbocycles. The number of thiazole rings is 1. The van der Waals surface area contributed by atoms with Gasteiger partial charge in [0, 0.05) is 37.0 Å². The molecule has 1 aromatic heterocycles. The van der Waals surface area contributed by atoms with Crippen molar-refractivity contribution < 1.29 is 4.74 Å². The normalized spacial score (nSPS) is 25.2. The van der Waals surface area contributed by atoms with Crippen molar-refractivity contribution in [2.45, 2.75) is 38.1 Å². The molecule has 0 bridgehead atoms. The monoisotopic (exact) mass is 238 g/mol. The zero-order chi connectivity index (χ0) is 11.0. The van der Waals surface area contributed by atoms with Crippen LogP contribution in [0.3, 0.4) is 0 Å². The Kier molecular flexibility index (Phi) is 2.96. The van der Waals surface area contributed by atoms with E-state index in [1.807, 2.05) is 11.3 Å². The summed E-state index contributed by atoms with van der Waals surface area (Å²) in [6, 6.07) is 0. The summed E-state index contributed by atoms with van der Waals surface area (Å²) in [5.74, 6) is 1.41. The van der Waals surface area contributed by atoms with E-state index < -0.39 is 0 Å². The van der Waals surface area contributed by atoms with E-state index in [0.717, 1.165) is 25.6 Å². The van der Waals surface area contributed by atoms with E-state index in [1.54, 1.807) is 0 Å². The van der Waals surface area contributed by atoms with Crippen LogP contribution >= 0.6 is 11.3 Å². The van der Waals surface area contributed by atoms with Crippen molar-refractivity contribution in [2.75, 3.05) is 13.2 Å². The molecule has 1 saturated heterocycles. The number of hydrogen-bond acceptors (Lipinski definition) is 4. The molecule has 1 aliphatic carbocycles. The molecule has 0 amide bonds. The molecule has 2 aliphatic rings. The molecule has 1 aliphatic heterocycles. The predicted octanol–water partition coefficient (Wildman–Crippen LogP) is 2.06. The summed E-state index contributed by atoms with van der Waals surface area (Å²) in [6.45, 7) is 2.50. The molecule has 3 rings (SSSR count). The second-order valence-electron chi connectivity index (χ2n) is 4.83. The van der Waals surface area contributed by atoms with E-state index in [9.17, 15) is 0 Å². The number of aromatic nitrogens is 1. The van der Waals surface area contributed by atoms with Gasteiger partial charge in [-0.2, -0.15) is 0 Å². The predicted molar refractivity (Wildman–Crippen MR) is 64.6 cm³/mol. The second kappa shape index (κ2) is 4.43. The Bertz CT molecular complexity index is 367. The van der Waals surface area contributed by atoms with E-state index in [4.69, 9.17) is 15.5 Å². The van der Waals surface area contributed by atoms with Crippen molar-refractivity contribution >= 4 is 11.3 Å². The lowest BCUT2D eigenvalue weighted by Crippen LogP contribution is -2.03. The van der Waals surface area contributed by atoms with E-state index in [1.165, 1.54) is 34.8 Å². The van der Waals surface area contributed by atoms with Crippen molar-refractivity contribution in [3.8, 4) is 0 Å². The lowest BCUT2D eigenvalue weighted by atomic mass is 10.1. The first-order valence-corrected chi connectivity index (χ1v) is 6.94. The lowest BCUT2D eigenvalue weighted by molar-refractivity contribution is 0.186. The van der Waals surface area contributed by atoms with Crippen LogP contribution in [0.25, 0.3) is 0 Å². The molecule has 2 heterocycles. The van der Waals surface area contributed by atoms with Crippen LogP contribution in [0.5, 0.6) is 0 Å². The van der Waals surface area contributed by atoms with E-state index >= 15 is 0 Å². The molecular weight excluding hydrogens is 220 g/mol. The summed E-state index contributed by atoms with van der Waals surface area (Å²) in [7, 11) is 0. The van der Waals surface area contributed by atoms with Gasteiger partial charge in [0.15, 0.2) is 0 Å². The van der Waals surface area contributed by atoms with Gasteiger partial charge in [-0.1, -0.05) is 0 Å². The molecular formula is C12H18N2OS. The zero-order valence-electron chi connectivity index (χ0n) is 9.45. The molecule has 0 radical (unpaired) electrons. The highest BCUT2D eigenvalue weighted by Gasteiger charge is 2.29. The number of hydrogen-bond donors (Lipinski definition) is 1. The van der Waals surface area contributed by atoms with Crippen LogP contribution < -0.4 is 5.73 Å². The summed E-state index contributed by atoms with van der Waals surface area (Å²) < 4.78 is 5.40. The third-order valence-corrected chi connectivity index (χ3v) is 4.52. The van der Waals surface area contributed by atoms with Crippen LogP contribution in [0.2, 0.25) is 0 Å². The first kappa shape index (κ1) is 10.7. The van der Waals surface area contributed by atoms with Crippen LogP contribution in [0.1, 0.15) is 40.8 Å². The standard InChI is InChI=1S/C12H18N2OS/c13-6-10-12(9-1-2-9)14-11(16-10)5-8-3-4-15-7-8/h8-9H,1-7,13H2. The van der Waals surface area contributed by atoms with Crippen LogP contribution in [0.4, 0.5) is 0 Å². The lowest BCUT2D eigenvalue weighted by Gasteiger charge is -2.02. The van der Waals surface area contributed by atoms with Crippen molar-refractivity contribution in [1.82, 2.24) is 4.98 Å². The van der Waals surface area contributed by atoms with Gasteiger partial charge in [0.2, 0.25) is 0 Å². The zero-order valence-corrected chi connectivity index (χ0v) is 10.3. The van der Waals surface area contributed by atoms with Gasteiger partial charge in [-0.05, 0) is 25.2 Å². The van der Waals surface area contributed by atoms with Crippen molar-refractivity contribution in [2.24, 2.45) is 11.7 Å². The van der Waals surface area contributed by atoms with Crippen molar-refractivity contribution in [1.29, 1.82) is 0 Å². The minimum absolute atomic E-state index is 0.657. The molecule has 3 nitrogen and oxygen atoms in total. The fourth-order valence-electron chi connectivity index (χ4n) is 2.31. The summed E-state index contributed by atoms with van der Waals surface area (Å²) in [6.07, 6.45) is 4.89. The van der Waals surface area contributed by atoms with E-state index in [-0.39, 0.29) is 0 Å². The van der Waals surface area contributed by atoms with Gasteiger partial charge in [0.05, 0.1) is 10.7 Å². The van der Waals surface area contributed by atoms with E-state index in [2.05, 4.69) is 0 Å². The third-order valence-electron chi connectivity index (χ3n) is 3.41. The summed E-state index contributed by atoms with van der Waals surface area (Å²) in [4.78, 5) is 6.11. The number of ether oxygens (including phenoxy) is 1. The average molecular weight is 238 g/mol. The number of rotatable bonds is 4. The van der Waals surface area contributed by atoms with Gasteiger partial charge in [0.1, 0.15) is 0 Å². The Labute approximate surface area is 100 Å². The molecule has 2 fully saturated rings. The maximum atomic E-state index is 5.78. The van der Waals surface area contributed by atoms with Gasteiger partial charge >= 0.3 is 0 Å². The van der Waals surface area contributed by atoms with Crippen LogP contribution in [-0.4, -0.2) is 18.2 Å². The first-order chi connectivity index (χ1) is 7.86. The minimum Gasteiger partial charge on any atom is -0.381 e. The highest BCUT2D eigenvalue weighted by atomic mass is 32.1. The Morgan fingerprint density at radius 2 is 2.25 bits per heavy atom. The molecule has 1 atom stereocenters. The largest absolute Gasteiger partial charge is 0.381 e. The molecule has 1 aromatic rings. The molecule has 4 heteroatoms. The SMILES string of the molecule is NCc1sc(CC2CCOC2)nc1C1CC1. The second-order valence-corrected chi connectivity index (χ2v) is 6.00. The van der Waals surface area contributed by atoms with E-state index in [0.29, 0.717) is 12.5 Å². The van der Waals surface area contributed by atoms with Gasteiger partial charge in [0.25, 0.3) is 0 Å². The minimum atomic E-state index is 0.657. The Morgan fingerprint density at radius 3 is 2.88 bits per heavy atom. The highest BCUT2D eigenvalue weighted by molar-refractivity contribution is 7.11. The average Bonchev–Trinajstić information content (AvgIpc) is 2.86. The maximum absolute atomic E-state index is 5.78. The van der Waals surface area contributed by atoms with Crippen molar-refractivity contribution in [3.63, 3.8) is 0 Å². The van der Waals surface area contributed by atoms with Crippen LogP contribution in [-0.2, 0) is 17.7 Å². The quantitative estimate of drug-likeness (QED) is 0.873. The molecule has 16 heavy (non-hydrogen) atoms. The molecule has 1 saturated carbocycles. The topological polar surface area (TPSA) is 48.1 Å². The Hall–Kier alpha value is -0.450. The summed E-state index contributed by atoms with van der Waals surface area (Å²) >= 11 is 1.82.